The highest BCUT2D eigenvalue weighted by Gasteiger charge is 2.39. The van der Waals surface area contributed by atoms with Gasteiger partial charge in [0, 0.05) is 23.2 Å². The summed E-state index contributed by atoms with van der Waals surface area (Å²) in [6, 6.07) is 1.47. The molecule has 0 amide bonds. The molecular formula is C12H25NS. The quantitative estimate of drug-likeness (QED) is 0.709. The first-order valence-electron chi connectivity index (χ1n) is 5.82. The number of hydrogen-bond donors (Lipinski definition) is 0. The molecule has 0 radical (unpaired) electrons. The summed E-state index contributed by atoms with van der Waals surface area (Å²) in [5, 5.41) is 0.831. The molecule has 14 heavy (non-hydrogen) atoms. The standard InChI is InChI=1S/C12H25NS/c1-8(2)11-12(9(3)4)14-7-13(11)10(5)6/h8-12H,7H2,1-6H3. The topological polar surface area (TPSA) is 3.24 Å². The molecule has 0 aromatic carbocycles. The summed E-state index contributed by atoms with van der Waals surface area (Å²) < 4.78 is 0. The van der Waals surface area contributed by atoms with Crippen LogP contribution in [-0.2, 0) is 0 Å². The van der Waals surface area contributed by atoms with E-state index in [1.807, 2.05) is 0 Å². The Morgan fingerprint density at radius 2 is 1.57 bits per heavy atom. The Balaban J connectivity index is 2.74. The molecule has 84 valence electrons. The van der Waals surface area contributed by atoms with Crippen molar-refractivity contribution in [3.05, 3.63) is 0 Å². The molecule has 0 N–H and O–H groups in total. The van der Waals surface area contributed by atoms with Crippen molar-refractivity contribution >= 4 is 11.8 Å². The Morgan fingerprint density at radius 1 is 1.00 bits per heavy atom. The third kappa shape index (κ3) is 2.46. The van der Waals surface area contributed by atoms with E-state index in [9.17, 15) is 0 Å². The zero-order chi connectivity index (χ0) is 10.9. The molecule has 1 rings (SSSR count). The van der Waals surface area contributed by atoms with Crippen LogP contribution in [0.25, 0.3) is 0 Å². The molecule has 1 aliphatic heterocycles. The van der Waals surface area contributed by atoms with Crippen LogP contribution in [0.4, 0.5) is 0 Å². The Bertz CT molecular complexity index is 161. The van der Waals surface area contributed by atoms with Gasteiger partial charge in [0.2, 0.25) is 0 Å². The van der Waals surface area contributed by atoms with E-state index >= 15 is 0 Å². The molecule has 1 fully saturated rings. The van der Waals surface area contributed by atoms with Crippen LogP contribution in [0.3, 0.4) is 0 Å². The van der Waals surface area contributed by atoms with Crippen LogP contribution in [0, 0.1) is 11.8 Å². The molecule has 0 saturated carbocycles. The number of rotatable bonds is 3. The fourth-order valence-corrected chi connectivity index (χ4v) is 4.26. The zero-order valence-electron chi connectivity index (χ0n) is 10.4. The van der Waals surface area contributed by atoms with Gasteiger partial charge in [-0.05, 0) is 25.7 Å². The maximum Gasteiger partial charge on any atom is 0.0453 e. The normalized spacial score (nSPS) is 29.8. The van der Waals surface area contributed by atoms with E-state index in [2.05, 4.69) is 58.2 Å². The highest BCUT2D eigenvalue weighted by atomic mass is 32.2. The van der Waals surface area contributed by atoms with E-state index < -0.39 is 0 Å². The molecule has 1 saturated heterocycles. The van der Waals surface area contributed by atoms with Gasteiger partial charge in [0.15, 0.2) is 0 Å². The van der Waals surface area contributed by atoms with Gasteiger partial charge in [0.05, 0.1) is 0 Å². The van der Waals surface area contributed by atoms with E-state index in [0.717, 1.165) is 23.1 Å². The van der Waals surface area contributed by atoms with Crippen LogP contribution in [0.1, 0.15) is 41.5 Å². The summed E-state index contributed by atoms with van der Waals surface area (Å²) >= 11 is 2.15. The Morgan fingerprint density at radius 3 is 1.93 bits per heavy atom. The van der Waals surface area contributed by atoms with Gasteiger partial charge < -0.3 is 0 Å². The van der Waals surface area contributed by atoms with E-state index in [1.54, 1.807) is 0 Å². The average molecular weight is 215 g/mol. The van der Waals surface area contributed by atoms with E-state index in [0.29, 0.717) is 6.04 Å². The predicted octanol–water partition coefficient (Wildman–Crippen LogP) is 3.45. The van der Waals surface area contributed by atoms with Crippen molar-refractivity contribution in [2.75, 3.05) is 5.88 Å². The van der Waals surface area contributed by atoms with Crippen LogP contribution in [-0.4, -0.2) is 28.1 Å². The third-order valence-electron chi connectivity index (χ3n) is 3.14. The maximum atomic E-state index is 2.67. The van der Waals surface area contributed by atoms with Crippen molar-refractivity contribution in [3.8, 4) is 0 Å². The molecule has 0 spiro atoms. The van der Waals surface area contributed by atoms with E-state index in [1.165, 1.54) is 5.88 Å². The minimum absolute atomic E-state index is 0.693. The second-order valence-corrected chi connectivity index (χ2v) is 6.48. The van der Waals surface area contributed by atoms with E-state index in [4.69, 9.17) is 0 Å². The average Bonchev–Trinajstić information content (AvgIpc) is 2.46. The minimum atomic E-state index is 0.693. The van der Waals surface area contributed by atoms with Crippen LogP contribution in [0.15, 0.2) is 0 Å². The highest BCUT2D eigenvalue weighted by molar-refractivity contribution is 8.00. The first-order valence-corrected chi connectivity index (χ1v) is 6.87. The van der Waals surface area contributed by atoms with Gasteiger partial charge in [-0.15, -0.1) is 11.8 Å². The van der Waals surface area contributed by atoms with Crippen LogP contribution >= 0.6 is 11.8 Å². The van der Waals surface area contributed by atoms with Crippen molar-refractivity contribution in [3.63, 3.8) is 0 Å². The molecule has 2 heteroatoms. The molecule has 1 nitrogen and oxygen atoms in total. The van der Waals surface area contributed by atoms with Gasteiger partial charge in [-0.1, -0.05) is 27.7 Å². The summed E-state index contributed by atoms with van der Waals surface area (Å²) in [5.74, 6) is 2.81. The minimum Gasteiger partial charge on any atom is -0.287 e. The number of thioether (sulfide) groups is 1. The molecule has 1 heterocycles. The Hall–Kier alpha value is 0.310. The lowest BCUT2D eigenvalue weighted by molar-refractivity contribution is 0.147. The van der Waals surface area contributed by atoms with Gasteiger partial charge in [-0.3, -0.25) is 4.90 Å². The van der Waals surface area contributed by atoms with Crippen molar-refractivity contribution < 1.29 is 0 Å². The summed E-state index contributed by atoms with van der Waals surface area (Å²) in [5.41, 5.74) is 0. The second-order valence-electron chi connectivity index (χ2n) is 5.35. The van der Waals surface area contributed by atoms with Crippen LogP contribution in [0.2, 0.25) is 0 Å². The molecule has 0 aromatic rings. The molecule has 2 unspecified atom stereocenters. The molecule has 0 aliphatic carbocycles. The monoisotopic (exact) mass is 215 g/mol. The molecule has 0 aromatic heterocycles. The predicted molar refractivity (Wildman–Crippen MR) is 66.7 cm³/mol. The molecule has 2 atom stereocenters. The number of hydrogen-bond acceptors (Lipinski definition) is 2. The van der Waals surface area contributed by atoms with Crippen molar-refractivity contribution in [2.24, 2.45) is 11.8 Å². The van der Waals surface area contributed by atoms with Crippen molar-refractivity contribution in [1.82, 2.24) is 4.90 Å². The smallest absolute Gasteiger partial charge is 0.0453 e. The first kappa shape index (κ1) is 12.4. The van der Waals surface area contributed by atoms with Crippen LogP contribution < -0.4 is 0 Å². The van der Waals surface area contributed by atoms with Gasteiger partial charge in [0.25, 0.3) is 0 Å². The fraction of sp³-hybridized carbons (Fsp3) is 1.00. The largest absolute Gasteiger partial charge is 0.287 e. The molecule has 1 aliphatic rings. The summed E-state index contributed by atoms with van der Waals surface area (Å²) in [4.78, 5) is 2.67. The zero-order valence-corrected chi connectivity index (χ0v) is 11.3. The lowest BCUT2D eigenvalue weighted by atomic mass is 9.92. The lowest BCUT2D eigenvalue weighted by Gasteiger charge is -2.34. The van der Waals surface area contributed by atoms with Gasteiger partial charge >= 0.3 is 0 Å². The summed E-state index contributed by atoms with van der Waals surface area (Å²) in [6.07, 6.45) is 0. The molecular weight excluding hydrogens is 190 g/mol. The lowest BCUT2D eigenvalue weighted by Crippen LogP contribution is -2.44. The van der Waals surface area contributed by atoms with Crippen molar-refractivity contribution in [1.29, 1.82) is 0 Å². The SMILES string of the molecule is CC(C)C1SCN(C(C)C)C1C(C)C. The highest BCUT2D eigenvalue weighted by Crippen LogP contribution is 2.38. The summed E-state index contributed by atoms with van der Waals surface area (Å²) in [7, 11) is 0. The fourth-order valence-electron chi connectivity index (χ4n) is 2.39. The van der Waals surface area contributed by atoms with Gasteiger partial charge in [-0.25, -0.2) is 0 Å². The Labute approximate surface area is 93.6 Å². The third-order valence-corrected chi connectivity index (χ3v) is 4.79. The van der Waals surface area contributed by atoms with Gasteiger partial charge in [0.1, 0.15) is 0 Å². The second kappa shape index (κ2) is 4.89. The van der Waals surface area contributed by atoms with Gasteiger partial charge in [-0.2, -0.15) is 0 Å². The van der Waals surface area contributed by atoms with Crippen LogP contribution in [0.5, 0.6) is 0 Å². The Kier molecular flexibility index (Phi) is 4.32. The summed E-state index contributed by atoms with van der Waals surface area (Å²) in [6.45, 7) is 14.1. The van der Waals surface area contributed by atoms with E-state index in [-0.39, 0.29) is 0 Å². The number of nitrogens with zero attached hydrogens (tertiary/aromatic N) is 1. The molecule has 0 bridgehead atoms. The van der Waals surface area contributed by atoms with Crippen molar-refractivity contribution in [2.45, 2.75) is 58.9 Å². The maximum absolute atomic E-state index is 2.67. The first-order chi connectivity index (χ1) is 6.45.